The second kappa shape index (κ2) is 9.91. The van der Waals surface area contributed by atoms with Gasteiger partial charge in [-0.15, -0.1) is 0 Å². The van der Waals surface area contributed by atoms with Crippen LogP contribution in [-0.2, 0) is 13.1 Å². The first-order valence-corrected chi connectivity index (χ1v) is 12.7. The van der Waals surface area contributed by atoms with E-state index in [1.165, 1.54) is 5.56 Å². The first-order valence-electron chi connectivity index (χ1n) is 12.3. The summed E-state index contributed by atoms with van der Waals surface area (Å²) < 4.78 is 0. The van der Waals surface area contributed by atoms with Gasteiger partial charge in [-0.3, -0.25) is 14.6 Å². The molecular formula is C27H33ClN4O3. The van der Waals surface area contributed by atoms with E-state index in [2.05, 4.69) is 44.4 Å². The number of amides is 1. The van der Waals surface area contributed by atoms with Crippen molar-refractivity contribution in [1.29, 1.82) is 0 Å². The number of H-pyrrole nitrogens is 1. The van der Waals surface area contributed by atoms with E-state index in [0.29, 0.717) is 22.7 Å². The number of halogens is 1. The van der Waals surface area contributed by atoms with Crippen molar-refractivity contribution in [2.24, 2.45) is 5.92 Å². The Kier molecular flexibility index (Phi) is 6.88. The number of aliphatic hydroxyl groups excluding tert-OH is 2. The number of hydrogen-bond acceptors (Lipinski definition) is 5. The summed E-state index contributed by atoms with van der Waals surface area (Å²) in [5.41, 5.74) is 5.86. The molecule has 1 aromatic heterocycles. The molecule has 3 aromatic rings. The van der Waals surface area contributed by atoms with Crippen molar-refractivity contribution in [2.45, 2.75) is 33.0 Å². The van der Waals surface area contributed by atoms with Crippen molar-refractivity contribution in [3.8, 4) is 11.3 Å². The van der Waals surface area contributed by atoms with Gasteiger partial charge in [0.15, 0.2) is 0 Å². The molecule has 1 atom stereocenters. The second-order valence-electron chi connectivity index (χ2n) is 10.00. The highest BCUT2D eigenvalue weighted by molar-refractivity contribution is 6.33. The molecule has 1 unspecified atom stereocenters. The number of β-amino-alcohol motifs (C(OH)–C–C–N with tert-alkyl or cyclic N) is 1. The molecule has 0 spiro atoms. The molecule has 186 valence electrons. The molecule has 0 radical (unpaired) electrons. The fraction of sp³-hybridized carbons (Fsp3) is 0.444. The summed E-state index contributed by atoms with van der Waals surface area (Å²) in [6.07, 6.45) is -0.712. The molecule has 0 saturated carbocycles. The van der Waals surface area contributed by atoms with Crippen molar-refractivity contribution in [2.75, 3.05) is 39.3 Å². The van der Waals surface area contributed by atoms with Crippen LogP contribution >= 0.6 is 11.6 Å². The highest BCUT2D eigenvalue weighted by atomic mass is 35.5. The van der Waals surface area contributed by atoms with Gasteiger partial charge in [0.05, 0.1) is 23.3 Å². The van der Waals surface area contributed by atoms with Crippen LogP contribution in [0, 0.1) is 5.92 Å². The van der Waals surface area contributed by atoms with E-state index in [-0.39, 0.29) is 18.4 Å². The molecule has 35 heavy (non-hydrogen) atoms. The SMILES string of the molecule is CC(C)C(O)c1cc(-c2cc3cc(CN4CCN(CCO)CC4)ccc3[nH]2)c2c(c1Cl)CNC2=O. The van der Waals surface area contributed by atoms with Gasteiger partial charge in [-0.25, -0.2) is 0 Å². The topological polar surface area (TPSA) is 91.8 Å². The minimum Gasteiger partial charge on any atom is -0.395 e. The number of nitrogens with zero attached hydrogens (tertiary/aromatic N) is 2. The smallest absolute Gasteiger partial charge is 0.252 e. The van der Waals surface area contributed by atoms with Crippen LogP contribution < -0.4 is 5.32 Å². The largest absolute Gasteiger partial charge is 0.395 e. The summed E-state index contributed by atoms with van der Waals surface area (Å²) in [7, 11) is 0. The Morgan fingerprint density at radius 1 is 1.09 bits per heavy atom. The first kappa shape index (κ1) is 24.3. The van der Waals surface area contributed by atoms with Crippen LogP contribution in [0.4, 0.5) is 0 Å². The van der Waals surface area contributed by atoms with Crippen molar-refractivity contribution in [3.63, 3.8) is 0 Å². The predicted molar refractivity (Wildman–Crippen MR) is 139 cm³/mol. The summed E-state index contributed by atoms with van der Waals surface area (Å²) in [5.74, 6) is -0.138. The van der Waals surface area contributed by atoms with E-state index < -0.39 is 6.10 Å². The zero-order valence-corrected chi connectivity index (χ0v) is 21.0. The Morgan fingerprint density at radius 2 is 1.83 bits per heavy atom. The molecule has 2 aliphatic heterocycles. The zero-order chi connectivity index (χ0) is 24.7. The molecule has 0 aliphatic carbocycles. The average molecular weight is 497 g/mol. The summed E-state index contributed by atoms with van der Waals surface area (Å²) in [6.45, 7) is 10.0. The molecule has 0 bridgehead atoms. The van der Waals surface area contributed by atoms with Crippen LogP contribution in [0.2, 0.25) is 5.02 Å². The van der Waals surface area contributed by atoms with Crippen molar-refractivity contribution >= 4 is 28.4 Å². The van der Waals surface area contributed by atoms with Gasteiger partial charge in [0.1, 0.15) is 0 Å². The molecule has 8 heteroatoms. The maximum absolute atomic E-state index is 12.7. The van der Waals surface area contributed by atoms with Crippen LogP contribution in [0.1, 0.15) is 47.0 Å². The monoisotopic (exact) mass is 496 g/mol. The van der Waals surface area contributed by atoms with E-state index in [4.69, 9.17) is 16.7 Å². The van der Waals surface area contributed by atoms with Gasteiger partial charge in [-0.05, 0) is 35.7 Å². The number of fused-ring (bicyclic) bond motifs is 2. The molecule has 2 aliphatic rings. The number of carbonyl (C=O) groups is 1. The fourth-order valence-corrected chi connectivity index (χ4v) is 5.53. The lowest BCUT2D eigenvalue weighted by Gasteiger charge is -2.34. The molecule has 1 saturated heterocycles. The minimum atomic E-state index is -0.712. The van der Waals surface area contributed by atoms with Gasteiger partial charge in [0, 0.05) is 79.1 Å². The minimum absolute atomic E-state index is 0.000702. The van der Waals surface area contributed by atoms with E-state index in [1.54, 1.807) is 0 Å². The van der Waals surface area contributed by atoms with Crippen LogP contribution in [0.25, 0.3) is 22.2 Å². The van der Waals surface area contributed by atoms with E-state index >= 15 is 0 Å². The van der Waals surface area contributed by atoms with Gasteiger partial charge in [-0.2, -0.15) is 0 Å². The number of carbonyl (C=O) groups excluding carboxylic acids is 1. The van der Waals surface area contributed by atoms with Crippen molar-refractivity contribution in [1.82, 2.24) is 20.1 Å². The number of piperazine rings is 1. The summed E-state index contributed by atoms with van der Waals surface area (Å²) in [4.78, 5) is 20.9. The maximum atomic E-state index is 12.7. The molecule has 3 heterocycles. The molecule has 5 rings (SSSR count). The number of benzene rings is 2. The number of aliphatic hydroxyl groups is 2. The van der Waals surface area contributed by atoms with Gasteiger partial charge in [0.25, 0.3) is 5.91 Å². The number of hydrogen-bond donors (Lipinski definition) is 4. The molecule has 1 fully saturated rings. The van der Waals surface area contributed by atoms with Crippen LogP contribution in [-0.4, -0.2) is 70.2 Å². The van der Waals surface area contributed by atoms with Gasteiger partial charge in [0.2, 0.25) is 0 Å². The summed E-state index contributed by atoms with van der Waals surface area (Å²) in [5, 5.41) is 24.4. The summed E-state index contributed by atoms with van der Waals surface area (Å²) >= 11 is 6.65. The molecule has 2 aromatic carbocycles. The molecule has 4 N–H and O–H groups in total. The van der Waals surface area contributed by atoms with Crippen LogP contribution in [0.15, 0.2) is 30.3 Å². The van der Waals surface area contributed by atoms with Crippen molar-refractivity contribution in [3.05, 3.63) is 57.6 Å². The normalized spacial score (nSPS) is 17.8. The van der Waals surface area contributed by atoms with Gasteiger partial charge >= 0.3 is 0 Å². The molecular weight excluding hydrogens is 464 g/mol. The number of nitrogens with one attached hydrogen (secondary N) is 2. The maximum Gasteiger partial charge on any atom is 0.252 e. The highest BCUT2D eigenvalue weighted by Crippen LogP contribution is 2.40. The Morgan fingerprint density at radius 3 is 2.54 bits per heavy atom. The third-order valence-corrected chi connectivity index (χ3v) is 7.70. The van der Waals surface area contributed by atoms with Crippen LogP contribution in [0.3, 0.4) is 0 Å². The fourth-order valence-electron chi connectivity index (χ4n) is 5.20. The van der Waals surface area contributed by atoms with E-state index in [1.807, 2.05) is 19.9 Å². The predicted octanol–water partition coefficient (Wildman–Crippen LogP) is 3.53. The standard InChI is InChI=1S/C27H33ClN4O3/c1-16(2)26(34)20-13-19(24-21(25(20)28)14-29-27(24)35)23-12-18-11-17(3-4-22(18)30-23)15-32-7-5-31(6-8-32)9-10-33/h3-4,11-13,16,26,30,33-34H,5-10,14-15H2,1-2H3,(H,29,35). The van der Waals surface area contributed by atoms with Crippen LogP contribution in [0.5, 0.6) is 0 Å². The quantitative estimate of drug-likeness (QED) is 0.401. The summed E-state index contributed by atoms with van der Waals surface area (Å²) in [6, 6.07) is 10.4. The third kappa shape index (κ3) is 4.71. The average Bonchev–Trinajstić information content (AvgIpc) is 3.44. The third-order valence-electron chi connectivity index (χ3n) is 7.25. The number of aromatic nitrogens is 1. The lowest BCUT2D eigenvalue weighted by molar-refractivity contribution is 0.0966. The highest BCUT2D eigenvalue weighted by Gasteiger charge is 2.30. The lowest BCUT2D eigenvalue weighted by atomic mass is 9.91. The Bertz CT molecular complexity index is 1250. The Hall–Kier alpha value is -2.42. The zero-order valence-electron chi connectivity index (χ0n) is 20.3. The van der Waals surface area contributed by atoms with Gasteiger partial charge in [-0.1, -0.05) is 31.5 Å². The Labute approximate surface area is 210 Å². The van der Waals surface area contributed by atoms with E-state index in [0.717, 1.165) is 67.0 Å². The number of aromatic amines is 1. The number of rotatable bonds is 7. The second-order valence-corrected chi connectivity index (χ2v) is 10.4. The van der Waals surface area contributed by atoms with Gasteiger partial charge < -0.3 is 20.5 Å². The molecule has 1 amide bonds. The molecule has 7 nitrogen and oxygen atoms in total. The van der Waals surface area contributed by atoms with Crippen molar-refractivity contribution < 1.29 is 15.0 Å². The Balaban J connectivity index is 1.45. The first-order chi connectivity index (χ1) is 16.9. The van der Waals surface area contributed by atoms with E-state index in [9.17, 15) is 9.90 Å². The lowest BCUT2D eigenvalue weighted by Crippen LogP contribution is -2.46.